The molecule has 0 aliphatic carbocycles. The van der Waals surface area contributed by atoms with Crippen molar-refractivity contribution in [3.05, 3.63) is 22.6 Å². The summed E-state index contributed by atoms with van der Waals surface area (Å²) in [5.74, 6) is 0.287. The molecular weight excluding hydrogens is 250 g/mol. The second-order valence-electron chi connectivity index (χ2n) is 3.04. The van der Waals surface area contributed by atoms with Crippen LogP contribution in [0.2, 0.25) is 0 Å². The molecule has 0 radical (unpaired) electrons. The Morgan fingerprint density at radius 2 is 2.50 bits per heavy atom. The molecule has 1 aromatic rings. The molecule has 1 aliphatic heterocycles. The van der Waals surface area contributed by atoms with Gasteiger partial charge in [-0.3, -0.25) is 4.79 Å². The Kier molecular flexibility index (Phi) is 3.00. The third-order valence-corrected chi connectivity index (χ3v) is 2.70. The highest BCUT2D eigenvalue weighted by molar-refractivity contribution is 9.10. The topological polar surface area (TPSA) is 51.5 Å². The fourth-order valence-corrected chi connectivity index (χ4v) is 1.76. The van der Waals surface area contributed by atoms with E-state index in [1.807, 2.05) is 0 Å². The van der Waals surface area contributed by atoms with Crippen LogP contribution in [0, 0.1) is 0 Å². The monoisotopic (exact) mass is 259 g/mol. The maximum atomic E-state index is 11.8. The van der Waals surface area contributed by atoms with Crippen LogP contribution in [0.15, 0.2) is 21.2 Å². The van der Waals surface area contributed by atoms with Crippen molar-refractivity contribution in [3.63, 3.8) is 0 Å². The van der Waals surface area contributed by atoms with Crippen LogP contribution in [0.25, 0.3) is 0 Å². The van der Waals surface area contributed by atoms with Gasteiger partial charge in [0.1, 0.15) is 0 Å². The summed E-state index contributed by atoms with van der Waals surface area (Å²) < 4.78 is 11.0. The van der Waals surface area contributed by atoms with Gasteiger partial charge < -0.3 is 14.5 Å². The van der Waals surface area contributed by atoms with Crippen LogP contribution in [-0.2, 0) is 4.74 Å². The van der Waals surface area contributed by atoms with E-state index in [0.29, 0.717) is 30.0 Å². The van der Waals surface area contributed by atoms with E-state index < -0.39 is 0 Å². The van der Waals surface area contributed by atoms with Crippen molar-refractivity contribution < 1.29 is 13.9 Å². The predicted molar refractivity (Wildman–Crippen MR) is 53.3 cm³/mol. The van der Waals surface area contributed by atoms with Crippen molar-refractivity contribution in [1.29, 1.82) is 0 Å². The Bertz CT molecular complexity index is 331. The van der Waals surface area contributed by atoms with Crippen molar-refractivity contribution in [3.8, 4) is 0 Å². The third-order valence-electron chi connectivity index (χ3n) is 2.08. The summed E-state index contributed by atoms with van der Waals surface area (Å²) in [5, 5.41) is 3.08. The van der Waals surface area contributed by atoms with Gasteiger partial charge in [-0.2, -0.15) is 0 Å². The molecule has 0 aromatic carbocycles. The molecule has 2 rings (SSSR count). The lowest BCUT2D eigenvalue weighted by Gasteiger charge is -2.21. The Labute approximate surface area is 89.7 Å². The maximum absolute atomic E-state index is 11.8. The fourth-order valence-electron chi connectivity index (χ4n) is 1.36. The number of carbonyl (C=O) groups excluding carboxylic acids is 1. The molecule has 0 amide bonds. The van der Waals surface area contributed by atoms with Crippen LogP contribution in [0.1, 0.15) is 10.6 Å². The Balaban J connectivity index is 2.11. The molecule has 0 spiro atoms. The molecule has 1 aromatic heterocycles. The first-order valence-corrected chi connectivity index (χ1v) is 5.16. The normalized spacial score (nSPS) is 22.2. The summed E-state index contributed by atoms with van der Waals surface area (Å²) in [6.07, 6.45) is 1.49. The van der Waals surface area contributed by atoms with Gasteiger partial charge in [-0.1, -0.05) is 0 Å². The van der Waals surface area contributed by atoms with Gasteiger partial charge in [0, 0.05) is 6.54 Å². The first-order valence-electron chi connectivity index (χ1n) is 4.37. The number of ether oxygens (including phenoxy) is 1. The van der Waals surface area contributed by atoms with Gasteiger partial charge >= 0.3 is 0 Å². The summed E-state index contributed by atoms with van der Waals surface area (Å²) >= 11 is 3.25. The number of Topliss-reactive ketones (excluding diaryl/α,β-unsaturated/α-hetero) is 1. The van der Waals surface area contributed by atoms with E-state index in [0.717, 1.165) is 0 Å². The van der Waals surface area contributed by atoms with E-state index in [9.17, 15) is 4.79 Å². The van der Waals surface area contributed by atoms with Crippen LogP contribution in [0.5, 0.6) is 0 Å². The lowest BCUT2D eigenvalue weighted by atomic mass is 10.1. The van der Waals surface area contributed by atoms with E-state index in [4.69, 9.17) is 9.15 Å². The van der Waals surface area contributed by atoms with Crippen molar-refractivity contribution in [2.45, 2.75) is 6.04 Å². The molecule has 1 N–H and O–H groups in total. The van der Waals surface area contributed by atoms with Gasteiger partial charge in [-0.25, -0.2) is 0 Å². The zero-order valence-corrected chi connectivity index (χ0v) is 9.04. The number of nitrogens with one attached hydrogen (secondary N) is 1. The summed E-state index contributed by atoms with van der Waals surface area (Å²) in [5.41, 5.74) is 0. The molecule has 4 nitrogen and oxygen atoms in total. The summed E-state index contributed by atoms with van der Waals surface area (Å²) in [7, 11) is 0. The van der Waals surface area contributed by atoms with E-state index in [1.165, 1.54) is 6.26 Å². The molecule has 1 atom stereocenters. The van der Waals surface area contributed by atoms with E-state index in [1.54, 1.807) is 6.07 Å². The van der Waals surface area contributed by atoms with Crippen LogP contribution >= 0.6 is 15.9 Å². The van der Waals surface area contributed by atoms with Crippen LogP contribution < -0.4 is 5.32 Å². The molecule has 14 heavy (non-hydrogen) atoms. The van der Waals surface area contributed by atoms with Crippen molar-refractivity contribution in [1.82, 2.24) is 5.32 Å². The zero-order chi connectivity index (χ0) is 9.97. The molecule has 5 heteroatoms. The predicted octanol–water partition coefficient (Wildman–Crippen LogP) is 1.21. The number of hydrogen-bond acceptors (Lipinski definition) is 4. The number of carbonyl (C=O) groups is 1. The summed E-state index contributed by atoms with van der Waals surface area (Å²) in [4.78, 5) is 11.8. The van der Waals surface area contributed by atoms with Crippen LogP contribution in [0.3, 0.4) is 0 Å². The average Bonchev–Trinajstić information content (AvgIpc) is 2.65. The molecule has 1 saturated heterocycles. The minimum atomic E-state index is -0.286. The van der Waals surface area contributed by atoms with Crippen molar-refractivity contribution in [2.24, 2.45) is 0 Å². The van der Waals surface area contributed by atoms with Gasteiger partial charge in [0.05, 0.1) is 30.0 Å². The zero-order valence-electron chi connectivity index (χ0n) is 7.46. The highest BCUT2D eigenvalue weighted by Gasteiger charge is 2.26. The smallest absolute Gasteiger partial charge is 0.218 e. The minimum absolute atomic E-state index is 0.0680. The maximum Gasteiger partial charge on any atom is 0.218 e. The standard InChI is InChI=1S/C9H10BrNO3/c10-6-1-3-14-9(6)8(12)7-5-13-4-2-11-7/h1,3,7,11H,2,4-5H2. The fraction of sp³-hybridized carbons (Fsp3) is 0.444. The molecule has 1 aliphatic rings. The largest absolute Gasteiger partial charge is 0.460 e. The van der Waals surface area contributed by atoms with Crippen LogP contribution in [0.4, 0.5) is 0 Å². The van der Waals surface area contributed by atoms with Gasteiger partial charge in [0.15, 0.2) is 5.76 Å². The van der Waals surface area contributed by atoms with Crippen LogP contribution in [-0.4, -0.2) is 31.6 Å². The number of rotatable bonds is 2. The highest BCUT2D eigenvalue weighted by atomic mass is 79.9. The second-order valence-corrected chi connectivity index (χ2v) is 3.90. The van der Waals surface area contributed by atoms with E-state index >= 15 is 0 Å². The van der Waals surface area contributed by atoms with Crippen molar-refractivity contribution >= 4 is 21.7 Å². The number of ketones is 1. The van der Waals surface area contributed by atoms with E-state index in [2.05, 4.69) is 21.2 Å². The molecule has 1 unspecified atom stereocenters. The summed E-state index contributed by atoms with van der Waals surface area (Å²) in [6.45, 7) is 1.77. The number of halogens is 1. The SMILES string of the molecule is O=C(c1occc1Br)C1COCCN1. The number of hydrogen-bond donors (Lipinski definition) is 1. The number of morpholine rings is 1. The molecule has 76 valence electrons. The van der Waals surface area contributed by atoms with Gasteiger partial charge in [-0.15, -0.1) is 0 Å². The quantitative estimate of drug-likeness (QED) is 0.812. The molecular formula is C9H10BrNO3. The third kappa shape index (κ3) is 1.89. The first-order chi connectivity index (χ1) is 6.79. The average molecular weight is 260 g/mol. The molecule has 1 fully saturated rings. The van der Waals surface area contributed by atoms with Crippen molar-refractivity contribution in [2.75, 3.05) is 19.8 Å². The Morgan fingerprint density at radius 3 is 3.07 bits per heavy atom. The Morgan fingerprint density at radius 1 is 1.64 bits per heavy atom. The second kappa shape index (κ2) is 4.25. The van der Waals surface area contributed by atoms with Gasteiger partial charge in [0.2, 0.25) is 5.78 Å². The molecule has 0 saturated carbocycles. The minimum Gasteiger partial charge on any atom is -0.460 e. The van der Waals surface area contributed by atoms with E-state index in [-0.39, 0.29) is 11.8 Å². The first kappa shape index (κ1) is 9.89. The lowest BCUT2D eigenvalue weighted by Crippen LogP contribution is -2.46. The summed E-state index contributed by atoms with van der Waals surface area (Å²) in [6, 6.07) is 1.42. The lowest BCUT2D eigenvalue weighted by molar-refractivity contribution is 0.0587. The highest BCUT2D eigenvalue weighted by Crippen LogP contribution is 2.19. The van der Waals surface area contributed by atoms with Gasteiger partial charge in [-0.05, 0) is 22.0 Å². The number of furan rings is 1. The molecule has 2 heterocycles. The Hall–Kier alpha value is -0.650. The van der Waals surface area contributed by atoms with Gasteiger partial charge in [0.25, 0.3) is 0 Å². The molecule has 0 bridgehead atoms.